The fraction of sp³-hybridized carbons (Fsp3) is 0.278. The molecular weight excluding hydrogens is 338 g/mol. The van der Waals surface area contributed by atoms with E-state index in [2.05, 4.69) is 10.2 Å². The zero-order valence-corrected chi connectivity index (χ0v) is 15.2. The quantitative estimate of drug-likeness (QED) is 0.627. The van der Waals surface area contributed by atoms with Crippen LogP contribution in [0.2, 0.25) is 0 Å². The summed E-state index contributed by atoms with van der Waals surface area (Å²) in [7, 11) is 1.80. The van der Waals surface area contributed by atoms with Crippen molar-refractivity contribution in [1.29, 1.82) is 0 Å². The van der Waals surface area contributed by atoms with Crippen molar-refractivity contribution in [2.75, 3.05) is 12.8 Å². The minimum absolute atomic E-state index is 0.00694. The van der Waals surface area contributed by atoms with Crippen LogP contribution in [0.3, 0.4) is 0 Å². The van der Waals surface area contributed by atoms with Gasteiger partial charge in [-0.1, -0.05) is 36.0 Å². The number of carbonyl (C=O) groups is 1. The first-order chi connectivity index (χ1) is 12.0. The summed E-state index contributed by atoms with van der Waals surface area (Å²) in [6.07, 6.45) is 1.58. The van der Waals surface area contributed by atoms with Gasteiger partial charge in [0.1, 0.15) is 5.76 Å². The Morgan fingerprint density at radius 2 is 2.00 bits per heavy atom. The van der Waals surface area contributed by atoms with Crippen LogP contribution in [0.1, 0.15) is 16.9 Å². The molecule has 0 aliphatic rings. The van der Waals surface area contributed by atoms with Crippen LogP contribution in [0.5, 0.6) is 0 Å². The Morgan fingerprint density at radius 1 is 1.20 bits per heavy atom. The molecule has 1 amide bonds. The van der Waals surface area contributed by atoms with E-state index in [1.807, 2.05) is 38.1 Å². The molecule has 0 atom stereocenters. The second-order valence-corrected chi connectivity index (χ2v) is 6.66. The monoisotopic (exact) mass is 357 g/mol. The highest BCUT2D eigenvalue weighted by molar-refractivity contribution is 7.99. The van der Waals surface area contributed by atoms with Gasteiger partial charge in [0.05, 0.1) is 17.6 Å². The molecule has 2 heterocycles. The Hall–Kier alpha value is -2.54. The Kier molecular flexibility index (Phi) is 5.23. The van der Waals surface area contributed by atoms with Gasteiger partial charge in [-0.05, 0) is 31.0 Å². The molecule has 3 aromatic rings. The summed E-state index contributed by atoms with van der Waals surface area (Å²) in [5.41, 5.74) is 3.08. The van der Waals surface area contributed by atoms with Crippen molar-refractivity contribution in [3.63, 3.8) is 0 Å². The van der Waals surface area contributed by atoms with E-state index in [0.717, 1.165) is 11.1 Å². The third kappa shape index (κ3) is 4.11. The Balaban J connectivity index is 1.56. The fourth-order valence-electron chi connectivity index (χ4n) is 2.35. The number of amides is 1. The van der Waals surface area contributed by atoms with E-state index in [-0.39, 0.29) is 11.7 Å². The molecule has 6 nitrogen and oxygen atoms in total. The molecular formula is C18H19N3O3S. The lowest BCUT2D eigenvalue weighted by atomic mass is 10.1. The first kappa shape index (κ1) is 17.3. The van der Waals surface area contributed by atoms with Crippen LogP contribution in [-0.2, 0) is 11.3 Å². The molecule has 0 radical (unpaired) electrons. The molecule has 25 heavy (non-hydrogen) atoms. The highest BCUT2D eigenvalue weighted by atomic mass is 32.2. The summed E-state index contributed by atoms with van der Waals surface area (Å²) in [5, 5.41) is 8.34. The maximum Gasteiger partial charge on any atom is 0.277 e. The van der Waals surface area contributed by atoms with Crippen LogP contribution in [0.15, 0.2) is 50.7 Å². The Labute approximate surface area is 150 Å². The topological polar surface area (TPSA) is 72.4 Å². The van der Waals surface area contributed by atoms with Gasteiger partial charge >= 0.3 is 0 Å². The van der Waals surface area contributed by atoms with Crippen LogP contribution in [-0.4, -0.2) is 33.8 Å². The lowest BCUT2D eigenvalue weighted by Gasteiger charge is -2.17. The number of rotatable bonds is 6. The summed E-state index contributed by atoms with van der Waals surface area (Å²) < 4.78 is 10.8. The van der Waals surface area contributed by atoms with Crippen molar-refractivity contribution in [3.05, 3.63) is 53.5 Å². The zero-order valence-electron chi connectivity index (χ0n) is 14.4. The number of benzene rings is 1. The first-order valence-electron chi connectivity index (χ1n) is 7.84. The summed E-state index contributed by atoms with van der Waals surface area (Å²) in [4.78, 5) is 14.0. The maximum absolute atomic E-state index is 12.3. The number of nitrogens with zero attached hydrogens (tertiary/aromatic N) is 3. The number of furan rings is 1. The molecule has 7 heteroatoms. The van der Waals surface area contributed by atoms with Gasteiger partial charge in [0.25, 0.3) is 11.1 Å². The van der Waals surface area contributed by atoms with E-state index in [9.17, 15) is 4.79 Å². The van der Waals surface area contributed by atoms with Gasteiger partial charge in [-0.2, -0.15) is 0 Å². The van der Waals surface area contributed by atoms with Gasteiger partial charge in [0.2, 0.25) is 5.91 Å². The summed E-state index contributed by atoms with van der Waals surface area (Å²) in [5.74, 6) is 1.37. The minimum atomic E-state index is 0.00694. The number of hydrogen-bond donors (Lipinski definition) is 0. The SMILES string of the molecule is Cc1ccccc1CN(C)C(=O)CSc1nnc(-c2ccoc2C)o1. The predicted octanol–water partition coefficient (Wildman–Crippen LogP) is 3.70. The standard InChI is InChI=1S/C18H19N3O3S/c1-12-6-4-5-7-14(12)10-21(3)16(22)11-25-18-20-19-17(24-18)15-8-9-23-13(15)2/h4-9H,10-11H2,1-3H3. The summed E-state index contributed by atoms with van der Waals surface area (Å²) >= 11 is 1.23. The van der Waals surface area contributed by atoms with Gasteiger partial charge in [-0.3, -0.25) is 4.79 Å². The highest BCUT2D eigenvalue weighted by Crippen LogP contribution is 2.26. The largest absolute Gasteiger partial charge is 0.469 e. The molecule has 0 bridgehead atoms. The number of carbonyl (C=O) groups excluding carboxylic acids is 1. The van der Waals surface area contributed by atoms with E-state index in [1.165, 1.54) is 17.3 Å². The Bertz CT molecular complexity index is 872. The van der Waals surface area contributed by atoms with Gasteiger partial charge in [-0.25, -0.2) is 0 Å². The van der Waals surface area contributed by atoms with Crippen LogP contribution in [0, 0.1) is 13.8 Å². The Morgan fingerprint density at radius 3 is 2.72 bits per heavy atom. The third-order valence-electron chi connectivity index (χ3n) is 3.91. The van der Waals surface area contributed by atoms with Crippen molar-refractivity contribution in [2.24, 2.45) is 0 Å². The minimum Gasteiger partial charge on any atom is -0.469 e. The van der Waals surface area contributed by atoms with Crippen molar-refractivity contribution >= 4 is 17.7 Å². The van der Waals surface area contributed by atoms with Gasteiger partial charge in [0.15, 0.2) is 0 Å². The molecule has 3 rings (SSSR count). The average molecular weight is 357 g/mol. The molecule has 0 saturated carbocycles. The van der Waals surface area contributed by atoms with Gasteiger partial charge in [-0.15, -0.1) is 10.2 Å². The van der Waals surface area contributed by atoms with Crippen molar-refractivity contribution in [1.82, 2.24) is 15.1 Å². The number of aryl methyl sites for hydroxylation is 2. The number of thioether (sulfide) groups is 1. The molecule has 2 aromatic heterocycles. The second kappa shape index (κ2) is 7.57. The normalized spacial score (nSPS) is 10.8. The van der Waals surface area contributed by atoms with Gasteiger partial charge in [0, 0.05) is 13.6 Å². The van der Waals surface area contributed by atoms with Gasteiger partial charge < -0.3 is 13.7 Å². The molecule has 1 aromatic carbocycles. The molecule has 0 fully saturated rings. The third-order valence-corrected chi connectivity index (χ3v) is 4.71. The predicted molar refractivity (Wildman–Crippen MR) is 95.1 cm³/mol. The van der Waals surface area contributed by atoms with Crippen molar-refractivity contribution < 1.29 is 13.6 Å². The van der Waals surface area contributed by atoms with E-state index in [4.69, 9.17) is 8.83 Å². The summed E-state index contributed by atoms with van der Waals surface area (Å²) in [6, 6.07) is 9.82. The number of aromatic nitrogens is 2. The van der Waals surface area contributed by atoms with Crippen LogP contribution in [0.4, 0.5) is 0 Å². The molecule has 0 N–H and O–H groups in total. The maximum atomic E-state index is 12.3. The van der Waals surface area contributed by atoms with Crippen molar-refractivity contribution in [2.45, 2.75) is 25.6 Å². The van der Waals surface area contributed by atoms with Crippen LogP contribution < -0.4 is 0 Å². The highest BCUT2D eigenvalue weighted by Gasteiger charge is 2.16. The molecule has 0 aliphatic heterocycles. The molecule has 0 unspecified atom stereocenters. The van der Waals surface area contributed by atoms with E-state index >= 15 is 0 Å². The van der Waals surface area contributed by atoms with E-state index in [0.29, 0.717) is 23.4 Å². The number of hydrogen-bond acceptors (Lipinski definition) is 6. The lowest BCUT2D eigenvalue weighted by molar-refractivity contribution is -0.127. The van der Waals surface area contributed by atoms with E-state index < -0.39 is 0 Å². The van der Waals surface area contributed by atoms with Crippen LogP contribution >= 0.6 is 11.8 Å². The zero-order chi connectivity index (χ0) is 17.8. The van der Waals surface area contributed by atoms with E-state index in [1.54, 1.807) is 24.3 Å². The van der Waals surface area contributed by atoms with Crippen molar-refractivity contribution in [3.8, 4) is 11.5 Å². The molecule has 0 aliphatic carbocycles. The second-order valence-electron chi connectivity index (χ2n) is 5.73. The molecule has 0 spiro atoms. The smallest absolute Gasteiger partial charge is 0.277 e. The average Bonchev–Trinajstić information content (AvgIpc) is 3.23. The lowest BCUT2D eigenvalue weighted by Crippen LogP contribution is -2.28. The first-order valence-corrected chi connectivity index (χ1v) is 8.82. The molecule has 130 valence electrons. The molecule has 0 saturated heterocycles. The van der Waals surface area contributed by atoms with Crippen LogP contribution in [0.25, 0.3) is 11.5 Å². The summed E-state index contributed by atoms with van der Waals surface area (Å²) in [6.45, 7) is 4.45. The fourth-order valence-corrected chi connectivity index (χ4v) is 3.05.